The summed E-state index contributed by atoms with van der Waals surface area (Å²) < 4.78 is 10.00. The minimum Gasteiger partial charge on any atom is -0.463 e. The van der Waals surface area contributed by atoms with Gasteiger partial charge in [-0.25, -0.2) is 4.79 Å². The summed E-state index contributed by atoms with van der Waals surface area (Å²) in [5, 5.41) is 5.38. The van der Waals surface area contributed by atoms with Crippen LogP contribution in [-0.4, -0.2) is 49.8 Å². The minimum absolute atomic E-state index is 0.128. The number of ether oxygens (including phenoxy) is 2. The Kier molecular flexibility index (Phi) is 13.3. The Labute approximate surface area is 156 Å². The molecule has 0 bridgehead atoms. The van der Waals surface area contributed by atoms with Crippen molar-refractivity contribution in [2.45, 2.75) is 71.9 Å². The molecule has 0 spiro atoms. The van der Waals surface area contributed by atoms with E-state index >= 15 is 0 Å². The summed E-state index contributed by atoms with van der Waals surface area (Å²) in [6.45, 7) is 8.80. The number of nitrogens with two attached hydrogens (primary N) is 1. The fraction of sp³-hybridized carbons (Fsp3) is 0.833. The number of hydrogen-bond donors (Lipinski definition) is 3. The van der Waals surface area contributed by atoms with Crippen molar-refractivity contribution in [3.63, 3.8) is 0 Å². The van der Waals surface area contributed by atoms with Crippen LogP contribution in [0.2, 0.25) is 0 Å². The maximum absolute atomic E-state index is 11.8. The highest BCUT2D eigenvalue weighted by Gasteiger charge is 2.13. The Morgan fingerprint density at radius 2 is 1.62 bits per heavy atom. The van der Waals surface area contributed by atoms with E-state index in [2.05, 4.69) is 10.6 Å². The van der Waals surface area contributed by atoms with Crippen molar-refractivity contribution >= 4 is 18.0 Å². The van der Waals surface area contributed by atoms with Gasteiger partial charge in [-0.2, -0.15) is 0 Å². The van der Waals surface area contributed by atoms with E-state index in [1.807, 2.05) is 13.8 Å². The zero-order valence-electron chi connectivity index (χ0n) is 16.5. The summed E-state index contributed by atoms with van der Waals surface area (Å²) in [7, 11) is 0. The second kappa shape index (κ2) is 14.4. The molecule has 4 N–H and O–H groups in total. The van der Waals surface area contributed by atoms with Gasteiger partial charge >= 0.3 is 12.1 Å². The molecule has 26 heavy (non-hydrogen) atoms. The molecule has 8 nitrogen and oxygen atoms in total. The van der Waals surface area contributed by atoms with Gasteiger partial charge in [0.1, 0.15) is 0 Å². The first-order valence-corrected chi connectivity index (χ1v) is 9.35. The molecule has 152 valence electrons. The number of carbonyl (C=O) groups is 3. The van der Waals surface area contributed by atoms with Gasteiger partial charge in [0.15, 0.2) is 0 Å². The van der Waals surface area contributed by atoms with Crippen LogP contribution in [0.4, 0.5) is 4.79 Å². The van der Waals surface area contributed by atoms with Crippen LogP contribution < -0.4 is 16.4 Å². The third-order valence-corrected chi connectivity index (χ3v) is 3.32. The molecular formula is C18H35N3O5. The van der Waals surface area contributed by atoms with E-state index in [0.29, 0.717) is 38.5 Å². The number of esters is 1. The average molecular weight is 373 g/mol. The Morgan fingerprint density at radius 3 is 2.23 bits per heavy atom. The Morgan fingerprint density at radius 1 is 0.962 bits per heavy atom. The molecule has 0 heterocycles. The van der Waals surface area contributed by atoms with E-state index in [9.17, 15) is 14.4 Å². The van der Waals surface area contributed by atoms with Gasteiger partial charge in [-0.05, 0) is 45.4 Å². The Bertz CT molecular complexity index is 427. The van der Waals surface area contributed by atoms with Crippen molar-refractivity contribution in [1.82, 2.24) is 10.6 Å². The zero-order valence-corrected chi connectivity index (χ0v) is 16.5. The monoisotopic (exact) mass is 373 g/mol. The number of hydrogen-bond acceptors (Lipinski definition) is 6. The van der Waals surface area contributed by atoms with Crippen LogP contribution in [-0.2, 0) is 19.1 Å². The molecule has 0 aromatic carbocycles. The van der Waals surface area contributed by atoms with Gasteiger partial charge in [0, 0.05) is 19.5 Å². The summed E-state index contributed by atoms with van der Waals surface area (Å²) in [6, 6.07) is -0.592. The number of alkyl carbamates (subject to hydrolysis) is 1. The van der Waals surface area contributed by atoms with Crippen LogP contribution in [0.3, 0.4) is 0 Å². The van der Waals surface area contributed by atoms with Gasteiger partial charge in [0.25, 0.3) is 0 Å². The van der Waals surface area contributed by atoms with E-state index in [4.69, 9.17) is 15.2 Å². The summed E-state index contributed by atoms with van der Waals surface area (Å²) in [5.74, 6) is -0.192. The molecule has 1 atom stereocenters. The summed E-state index contributed by atoms with van der Waals surface area (Å²) >= 11 is 0. The molecule has 0 aliphatic rings. The second-order valence-electron chi connectivity index (χ2n) is 6.95. The molecule has 1 unspecified atom stereocenters. The third-order valence-electron chi connectivity index (χ3n) is 3.32. The second-order valence-corrected chi connectivity index (χ2v) is 6.95. The molecule has 0 fully saturated rings. The van der Waals surface area contributed by atoms with Crippen molar-refractivity contribution in [1.29, 1.82) is 0 Å². The molecule has 0 aliphatic heterocycles. The van der Waals surface area contributed by atoms with Gasteiger partial charge in [-0.15, -0.1) is 0 Å². The van der Waals surface area contributed by atoms with Crippen LogP contribution >= 0.6 is 0 Å². The molecular weight excluding hydrogens is 338 g/mol. The molecule has 8 heteroatoms. The first-order chi connectivity index (χ1) is 12.2. The van der Waals surface area contributed by atoms with E-state index in [1.165, 1.54) is 0 Å². The normalized spacial score (nSPS) is 12.0. The van der Waals surface area contributed by atoms with E-state index in [0.717, 1.165) is 12.8 Å². The molecule has 0 rings (SSSR count). The minimum atomic E-state index is -0.592. The quantitative estimate of drug-likeness (QED) is 0.334. The number of rotatable bonds is 13. The predicted octanol–water partition coefficient (Wildman–Crippen LogP) is 1.71. The lowest BCUT2D eigenvalue weighted by Gasteiger charge is -2.13. The predicted molar refractivity (Wildman–Crippen MR) is 99.5 cm³/mol. The lowest BCUT2D eigenvalue weighted by Crippen LogP contribution is -2.41. The lowest BCUT2D eigenvalue weighted by molar-refractivity contribution is -0.147. The van der Waals surface area contributed by atoms with Crippen molar-refractivity contribution in [3.8, 4) is 0 Å². The average Bonchev–Trinajstić information content (AvgIpc) is 2.55. The fourth-order valence-corrected chi connectivity index (χ4v) is 2.00. The molecule has 0 aromatic rings. The molecule has 0 aliphatic carbocycles. The first kappa shape index (κ1) is 24.2. The van der Waals surface area contributed by atoms with Crippen molar-refractivity contribution in [3.05, 3.63) is 0 Å². The van der Waals surface area contributed by atoms with Crippen LogP contribution in [0.1, 0.15) is 59.8 Å². The largest absolute Gasteiger partial charge is 0.463 e. The zero-order chi connectivity index (χ0) is 19.9. The Balaban J connectivity index is 3.64. The van der Waals surface area contributed by atoms with Gasteiger partial charge in [0.2, 0.25) is 5.91 Å². The lowest BCUT2D eigenvalue weighted by atomic mass is 10.1. The maximum Gasteiger partial charge on any atom is 0.407 e. The van der Waals surface area contributed by atoms with Crippen molar-refractivity contribution < 1.29 is 23.9 Å². The number of nitrogens with one attached hydrogen (secondary N) is 2. The topological polar surface area (TPSA) is 120 Å². The highest BCUT2D eigenvalue weighted by atomic mass is 16.5. The molecule has 0 aromatic heterocycles. The number of carbonyl (C=O) groups excluding carboxylic acids is 3. The number of unbranched alkanes of at least 4 members (excludes halogenated alkanes) is 1. The number of amides is 2. The van der Waals surface area contributed by atoms with Gasteiger partial charge in [-0.3, -0.25) is 9.59 Å². The standard InChI is InChI=1S/C18H35N3O5/c1-13(2)12-25-18(24)21-10-6-5-8-15(19)17(23)20-11-7-9-16(22)26-14(3)4/h13-15H,5-12,19H2,1-4H3,(H,20,23)(H,21,24). The molecule has 0 radical (unpaired) electrons. The highest BCUT2D eigenvalue weighted by molar-refractivity contribution is 5.81. The van der Waals surface area contributed by atoms with Crippen LogP contribution in [0.15, 0.2) is 0 Å². The summed E-state index contributed by atoms with van der Waals surface area (Å²) in [6.07, 6.45) is 2.22. The summed E-state index contributed by atoms with van der Waals surface area (Å²) in [5.41, 5.74) is 5.83. The van der Waals surface area contributed by atoms with Crippen LogP contribution in [0.25, 0.3) is 0 Å². The summed E-state index contributed by atoms with van der Waals surface area (Å²) in [4.78, 5) is 34.6. The fourth-order valence-electron chi connectivity index (χ4n) is 2.00. The first-order valence-electron chi connectivity index (χ1n) is 9.35. The third kappa shape index (κ3) is 14.5. The molecule has 2 amide bonds. The van der Waals surface area contributed by atoms with Crippen LogP contribution in [0.5, 0.6) is 0 Å². The highest BCUT2D eigenvalue weighted by Crippen LogP contribution is 2.00. The van der Waals surface area contributed by atoms with E-state index < -0.39 is 12.1 Å². The van der Waals surface area contributed by atoms with Crippen molar-refractivity contribution in [2.75, 3.05) is 19.7 Å². The molecule has 0 saturated carbocycles. The van der Waals surface area contributed by atoms with E-state index in [1.54, 1.807) is 13.8 Å². The van der Waals surface area contributed by atoms with E-state index in [-0.39, 0.29) is 24.4 Å². The van der Waals surface area contributed by atoms with Gasteiger partial charge in [0.05, 0.1) is 18.8 Å². The Hall–Kier alpha value is -1.83. The maximum atomic E-state index is 11.8. The van der Waals surface area contributed by atoms with Gasteiger partial charge in [-0.1, -0.05) is 13.8 Å². The van der Waals surface area contributed by atoms with Crippen LogP contribution in [0, 0.1) is 5.92 Å². The molecule has 0 saturated heterocycles. The smallest absolute Gasteiger partial charge is 0.407 e. The van der Waals surface area contributed by atoms with Gasteiger partial charge < -0.3 is 25.8 Å². The van der Waals surface area contributed by atoms with Crippen molar-refractivity contribution in [2.24, 2.45) is 11.7 Å². The SMILES string of the molecule is CC(C)COC(=O)NCCCCC(N)C(=O)NCCCC(=O)OC(C)C.